The molecule has 3 aliphatic rings. The first-order valence-electron chi connectivity index (χ1n) is 16.8. The third kappa shape index (κ3) is 4.56. The first-order valence-corrected chi connectivity index (χ1v) is 20.1. The molecule has 8 heteroatoms. The van der Waals surface area contributed by atoms with E-state index in [-0.39, 0.29) is 0 Å². The molecule has 0 amide bonds. The quantitative estimate of drug-likeness (QED) is 0.162. The van der Waals surface area contributed by atoms with E-state index in [1.807, 2.05) is 182 Å². The minimum absolute atomic E-state index is 0.642. The van der Waals surface area contributed by atoms with E-state index in [1.54, 1.807) is 0 Å². The number of anilines is 7. The smallest absolute Gasteiger partial charge is 0.270 e. The number of allylic oxidation sites excluding steroid dienone is 3. The lowest BCUT2D eigenvalue weighted by atomic mass is 10.1. The van der Waals surface area contributed by atoms with Crippen LogP contribution in [0.15, 0.2) is 188 Å². The van der Waals surface area contributed by atoms with Gasteiger partial charge in [-0.05, 0) is 104 Å². The Kier molecular flexibility index (Phi) is 7.39. The van der Waals surface area contributed by atoms with Gasteiger partial charge in [-0.25, -0.2) is 0 Å². The van der Waals surface area contributed by atoms with Crippen molar-refractivity contribution in [3.05, 3.63) is 188 Å². The van der Waals surface area contributed by atoms with Crippen LogP contribution in [0.2, 0.25) is 0 Å². The van der Waals surface area contributed by atoms with Crippen molar-refractivity contribution in [2.75, 3.05) is 18.7 Å². The van der Waals surface area contributed by atoms with E-state index in [0.717, 1.165) is 58.4 Å². The van der Waals surface area contributed by atoms with Crippen LogP contribution >= 0.6 is 14.9 Å². The number of nitrogens with zero attached hydrogens (tertiary/aromatic N) is 4. The summed E-state index contributed by atoms with van der Waals surface area (Å²) in [4.78, 5) is 0. The summed E-state index contributed by atoms with van der Waals surface area (Å²) in [6, 6.07) is 53.6. The molecule has 0 radical (unpaired) electrons. The molecule has 9 rings (SSSR count). The lowest BCUT2D eigenvalue weighted by Gasteiger charge is -2.35. The van der Waals surface area contributed by atoms with Gasteiger partial charge >= 0.3 is 14.9 Å². The molecule has 2 heterocycles. The zero-order valence-corrected chi connectivity index (χ0v) is 29.0. The van der Waals surface area contributed by atoms with Crippen molar-refractivity contribution in [2.45, 2.75) is 12.8 Å². The number of fused-ring (bicyclic) bond motifs is 2. The van der Waals surface area contributed by atoms with Crippen molar-refractivity contribution in [1.82, 2.24) is 0 Å². The summed E-state index contributed by atoms with van der Waals surface area (Å²) in [6.07, 6.45) is 8.24. The van der Waals surface area contributed by atoms with Crippen LogP contribution in [0, 0.1) is 0 Å². The fourth-order valence-electron chi connectivity index (χ4n) is 7.36. The highest BCUT2D eigenvalue weighted by molar-refractivity contribution is 7.76. The second kappa shape index (κ2) is 12.1. The molecule has 0 N–H and O–H groups in total. The minimum Gasteiger partial charge on any atom is -0.270 e. The van der Waals surface area contributed by atoms with Crippen LogP contribution in [0.5, 0.6) is 0 Å². The van der Waals surface area contributed by atoms with Gasteiger partial charge in [0.1, 0.15) is 0 Å². The highest BCUT2D eigenvalue weighted by atomic mass is 31.2. The zero-order valence-electron chi connectivity index (χ0n) is 27.2. The molecule has 0 saturated carbocycles. The highest BCUT2D eigenvalue weighted by Gasteiger charge is 2.51. The summed E-state index contributed by atoms with van der Waals surface area (Å²) in [6.45, 7) is 0. The molecule has 6 nitrogen and oxygen atoms in total. The summed E-state index contributed by atoms with van der Waals surface area (Å²) >= 11 is 0. The van der Waals surface area contributed by atoms with Gasteiger partial charge in [-0.2, -0.15) is 0 Å². The Hall–Kier alpha value is -5.54. The fraction of sp³-hybridized carbons (Fsp3) is 0.0476. The zero-order chi connectivity index (χ0) is 33.7. The maximum atomic E-state index is 16.2. The van der Waals surface area contributed by atoms with E-state index in [9.17, 15) is 0 Å². The lowest BCUT2D eigenvalue weighted by Crippen LogP contribution is -2.31. The summed E-state index contributed by atoms with van der Waals surface area (Å²) in [7, 11) is -7.15. The predicted molar refractivity (Wildman–Crippen MR) is 208 cm³/mol. The second-order valence-electron chi connectivity index (χ2n) is 12.4. The third-order valence-corrected chi connectivity index (χ3v) is 15.4. The van der Waals surface area contributed by atoms with Crippen LogP contribution < -0.4 is 29.3 Å². The molecule has 0 bridgehead atoms. The van der Waals surface area contributed by atoms with Crippen LogP contribution in [-0.4, -0.2) is 0 Å². The van der Waals surface area contributed by atoms with Crippen molar-refractivity contribution in [2.24, 2.45) is 0 Å². The van der Waals surface area contributed by atoms with Gasteiger partial charge in [-0.3, -0.25) is 27.8 Å². The van der Waals surface area contributed by atoms with Crippen LogP contribution in [0.4, 0.5) is 39.8 Å². The average molecular weight is 689 g/mol. The highest BCUT2D eigenvalue weighted by Crippen LogP contribution is 2.71. The van der Waals surface area contributed by atoms with Crippen LogP contribution in [0.1, 0.15) is 12.8 Å². The number of hydrogen-bond acceptors (Lipinski definition) is 2. The van der Waals surface area contributed by atoms with Gasteiger partial charge in [0.05, 0.1) is 33.4 Å². The Balaban J connectivity index is 1.24. The van der Waals surface area contributed by atoms with Gasteiger partial charge in [0.15, 0.2) is 0 Å². The SMILES string of the molecule is O=P1(c2ccc(P3(=O)N(c4ccccc4)c4ccccc4N3c3ccccc3)cc2)N(C2=CCCC=C2)c2ccccc2N1c1ccccc1. The van der Waals surface area contributed by atoms with Crippen molar-refractivity contribution >= 4 is 65.3 Å². The fourth-order valence-corrected chi connectivity index (χ4v) is 13.4. The molecular formula is C42H34N4O2P2. The van der Waals surface area contributed by atoms with Crippen molar-refractivity contribution < 1.29 is 9.13 Å². The normalized spacial score (nSPS) is 18.9. The van der Waals surface area contributed by atoms with Gasteiger partial charge in [-0.1, -0.05) is 91.0 Å². The van der Waals surface area contributed by atoms with E-state index < -0.39 is 14.9 Å². The van der Waals surface area contributed by atoms with E-state index in [4.69, 9.17) is 0 Å². The van der Waals surface area contributed by atoms with Gasteiger partial charge in [0.25, 0.3) is 0 Å². The van der Waals surface area contributed by atoms with Gasteiger partial charge in [0, 0.05) is 22.8 Å². The van der Waals surface area contributed by atoms with Crippen LogP contribution in [-0.2, 0) is 9.13 Å². The lowest BCUT2D eigenvalue weighted by molar-refractivity contribution is 0.581. The van der Waals surface area contributed by atoms with E-state index in [0.29, 0.717) is 10.6 Å². The first kappa shape index (κ1) is 30.5. The average Bonchev–Trinajstić information content (AvgIpc) is 3.62. The number of para-hydroxylation sites is 7. The van der Waals surface area contributed by atoms with Crippen molar-refractivity contribution in [3.63, 3.8) is 0 Å². The molecule has 0 spiro atoms. The summed E-state index contributed by atoms with van der Waals surface area (Å²) in [5.74, 6) is 0. The summed E-state index contributed by atoms with van der Waals surface area (Å²) < 4.78 is 40.3. The van der Waals surface area contributed by atoms with Gasteiger partial charge in [0.2, 0.25) is 0 Å². The number of hydrogen-bond donors (Lipinski definition) is 0. The Bertz CT molecular complexity index is 2290. The van der Waals surface area contributed by atoms with Crippen LogP contribution in [0.25, 0.3) is 0 Å². The van der Waals surface area contributed by atoms with Gasteiger partial charge < -0.3 is 0 Å². The molecule has 0 saturated heterocycles. The molecule has 0 fully saturated rings. The molecule has 1 atom stereocenters. The molecule has 1 unspecified atom stereocenters. The van der Waals surface area contributed by atoms with Crippen molar-refractivity contribution in [3.8, 4) is 0 Å². The van der Waals surface area contributed by atoms with Crippen molar-refractivity contribution in [1.29, 1.82) is 0 Å². The first-order chi connectivity index (χ1) is 24.6. The Labute approximate surface area is 292 Å². The van der Waals surface area contributed by atoms with E-state index >= 15 is 9.13 Å². The Morgan fingerprint density at radius 1 is 0.380 bits per heavy atom. The minimum atomic E-state index is -3.59. The summed E-state index contributed by atoms with van der Waals surface area (Å²) in [5, 5.41) is 1.30. The molecule has 50 heavy (non-hydrogen) atoms. The van der Waals surface area contributed by atoms with Crippen LogP contribution in [0.3, 0.4) is 0 Å². The predicted octanol–water partition coefficient (Wildman–Crippen LogP) is 11.2. The topological polar surface area (TPSA) is 47.1 Å². The Morgan fingerprint density at radius 3 is 1.08 bits per heavy atom. The number of rotatable bonds is 6. The molecule has 244 valence electrons. The van der Waals surface area contributed by atoms with E-state index in [2.05, 4.69) is 18.2 Å². The largest absolute Gasteiger partial charge is 0.301 e. The molecule has 0 aromatic heterocycles. The van der Waals surface area contributed by atoms with E-state index in [1.165, 1.54) is 0 Å². The van der Waals surface area contributed by atoms with Gasteiger partial charge in [-0.15, -0.1) is 0 Å². The molecule has 1 aliphatic carbocycles. The Morgan fingerprint density at radius 2 is 0.720 bits per heavy atom. The molecular weight excluding hydrogens is 654 g/mol. The number of benzene rings is 6. The second-order valence-corrected chi connectivity index (χ2v) is 17.3. The molecule has 6 aromatic rings. The molecule has 2 aliphatic heterocycles. The monoisotopic (exact) mass is 688 g/mol. The molecule has 6 aromatic carbocycles. The maximum Gasteiger partial charge on any atom is 0.301 e. The maximum absolute atomic E-state index is 16.2. The third-order valence-electron chi connectivity index (χ3n) is 9.51. The standard InChI is InChI=1S/C42H34N4O2P2/c47-49(43(33-17-5-1-6-18-33)39-25-13-14-26-40(39)44(49)34-19-7-2-8-20-34)37-29-31-38(32-30-37)50(48)45(35-21-9-3-10-22-35)41-27-15-16-28-42(41)46(50)36-23-11-4-12-24-36/h1-3,5-11,13-32H,4,12H2. The summed E-state index contributed by atoms with van der Waals surface area (Å²) in [5.41, 5.74) is 6.95.